The fourth-order valence-corrected chi connectivity index (χ4v) is 4.57. The number of nitrogens with zero attached hydrogens (tertiary/aromatic N) is 3. The van der Waals surface area contributed by atoms with Crippen LogP contribution in [0, 0.1) is 5.92 Å². The van der Waals surface area contributed by atoms with Crippen molar-refractivity contribution in [2.24, 2.45) is 5.92 Å². The van der Waals surface area contributed by atoms with Gasteiger partial charge < -0.3 is 14.6 Å². The van der Waals surface area contributed by atoms with E-state index in [1.54, 1.807) is 0 Å². The lowest BCUT2D eigenvalue weighted by Crippen LogP contribution is -2.53. The van der Waals surface area contributed by atoms with Crippen molar-refractivity contribution < 1.29 is 4.74 Å². The second kappa shape index (κ2) is 6.98. The van der Waals surface area contributed by atoms with Crippen LogP contribution in [0.2, 0.25) is 0 Å². The predicted molar refractivity (Wildman–Crippen MR) is 108 cm³/mol. The highest BCUT2D eigenvalue weighted by atomic mass is 16.5. The maximum Gasteiger partial charge on any atom is 0.139 e. The van der Waals surface area contributed by atoms with Crippen LogP contribution in [0.15, 0.2) is 48.8 Å². The summed E-state index contributed by atoms with van der Waals surface area (Å²) in [4.78, 5) is 12.9. The van der Waals surface area contributed by atoms with E-state index >= 15 is 0 Å². The molecule has 27 heavy (non-hydrogen) atoms. The molecule has 0 radical (unpaired) electrons. The van der Waals surface area contributed by atoms with Gasteiger partial charge in [-0.25, -0.2) is 4.98 Å². The summed E-state index contributed by atoms with van der Waals surface area (Å²) >= 11 is 0. The van der Waals surface area contributed by atoms with Gasteiger partial charge in [0.2, 0.25) is 0 Å². The van der Waals surface area contributed by atoms with Crippen LogP contribution in [0.3, 0.4) is 0 Å². The van der Waals surface area contributed by atoms with Crippen LogP contribution in [0.1, 0.15) is 24.5 Å². The first kappa shape index (κ1) is 16.8. The molecule has 0 amide bonds. The van der Waals surface area contributed by atoms with E-state index in [4.69, 9.17) is 4.74 Å². The minimum absolute atomic E-state index is 0.446. The maximum absolute atomic E-state index is 5.95. The van der Waals surface area contributed by atoms with Crippen molar-refractivity contribution in [1.82, 2.24) is 14.9 Å². The van der Waals surface area contributed by atoms with E-state index in [2.05, 4.69) is 63.1 Å². The van der Waals surface area contributed by atoms with E-state index in [9.17, 15) is 0 Å². The molecule has 1 saturated heterocycles. The summed E-state index contributed by atoms with van der Waals surface area (Å²) in [5, 5.41) is 1.21. The largest absolute Gasteiger partial charge is 0.356 e. The van der Waals surface area contributed by atoms with Gasteiger partial charge in [-0.05, 0) is 30.5 Å². The van der Waals surface area contributed by atoms with E-state index < -0.39 is 0 Å². The zero-order valence-electron chi connectivity index (χ0n) is 15.8. The van der Waals surface area contributed by atoms with Crippen molar-refractivity contribution in [2.45, 2.75) is 32.5 Å². The first-order valence-electron chi connectivity index (χ1n) is 9.85. The van der Waals surface area contributed by atoms with E-state index in [1.165, 1.54) is 28.6 Å². The Morgan fingerprint density at radius 1 is 1.22 bits per heavy atom. The van der Waals surface area contributed by atoms with Crippen LogP contribution in [-0.2, 0) is 17.9 Å². The normalized spacial score (nSPS) is 23.5. The van der Waals surface area contributed by atoms with Crippen LogP contribution in [0.25, 0.3) is 11.0 Å². The lowest BCUT2D eigenvalue weighted by Gasteiger charge is -2.46. The monoisotopic (exact) mass is 362 g/mol. The topological polar surface area (TPSA) is 44.4 Å². The Kier molecular flexibility index (Phi) is 4.34. The molecule has 0 saturated carbocycles. The summed E-state index contributed by atoms with van der Waals surface area (Å²) in [6, 6.07) is 13.4. The van der Waals surface area contributed by atoms with Crippen LogP contribution in [0.4, 0.5) is 5.69 Å². The molecular formula is C22H26N4O. The number of benzene rings is 1. The molecule has 5 rings (SSSR count). The molecule has 4 heterocycles. The molecule has 1 N–H and O–H groups in total. The molecule has 1 aromatic carbocycles. The fourth-order valence-electron chi connectivity index (χ4n) is 4.57. The number of aromatic amines is 1. The molecule has 2 unspecified atom stereocenters. The minimum atomic E-state index is 0.446. The van der Waals surface area contributed by atoms with Crippen LogP contribution >= 0.6 is 0 Å². The third-order valence-electron chi connectivity index (χ3n) is 6.06. The number of hydrogen-bond acceptors (Lipinski definition) is 4. The van der Waals surface area contributed by atoms with Gasteiger partial charge in [-0.3, -0.25) is 4.90 Å². The third-order valence-corrected chi connectivity index (χ3v) is 6.06. The van der Waals surface area contributed by atoms with Gasteiger partial charge in [-0.15, -0.1) is 0 Å². The van der Waals surface area contributed by atoms with Crippen molar-refractivity contribution in [3.8, 4) is 0 Å². The number of aromatic nitrogens is 2. The highest BCUT2D eigenvalue weighted by Crippen LogP contribution is 2.37. The molecule has 2 aliphatic heterocycles. The molecule has 0 aliphatic carbocycles. The number of ether oxygens (including phenoxy) is 1. The predicted octanol–water partition coefficient (Wildman–Crippen LogP) is 3.77. The molecule has 140 valence electrons. The number of piperidine rings is 1. The standard InChI is InChI=1S/C22H26N4O/c1-16-8-10-25(12-17-5-3-2-4-6-17)13-20(16)26-15-27-14-18-11-24-22-19(21(18)26)7-9-23-22/h2-7,9,11,16,20H,8,10,12-15H2,1H3,(H,23,24). The fraction of sp³-hybridized carbons (Fsp3) is 0.409. The molecule has 5 heteroatoms. The Morgan fingerprint density at radius 3 is 3.00 bits per heavy atom. The number of likely N-dealkylation sites (tertiary alicyclic amines) is 1. The van der Waals surface area contributed by atoms with Gasteiger partial charge in [-0.2, -0.15) is 0 Å². The smallest absolute Gasteiger partial charge is 0.139 e. The summed E-state index contributed by atoms with van der Waals surface area (Å²) in [6.45, 7) is 6.92. The Morgan fingerprint density at radius 2 is 2.11 bits per heavy atom. The molecule has 2 aromatic heterocycles. The third kappa shape index (κ3) is 3.11. The maximum atomic E-state index is 5.95. The second-order valence-corrected chi connectivity index (χ2v) is 7.87. The van der Waals surface area contributed by atoms with Gasteiger partial charge in [-0.1, -0.05) is 37.3 Å². The Balaban J connectivity index is 1.44. The van der Waals surface area contributed by atoms with Gasteiger partial charge in [0.05, 0.1) is 12.3 Å². The summed E-state index contributed by atoms with van der Waals surface area (Å²) in [7, 11) is 0. The van der Waals surface area contributed by atoms with Crippen LogP contribution < -0.4 is 4.90 Å². The van der Waals surface area contributed by atoms with E-state index in [1.807, 2.05) is 12.4 Å². The van der Waals surface area contributed by atoms with Crippen LogP contribution in [-0.4, -0.2) is 40.7 Å². The Labute approximate surface area is 160 Å². The molecule has 1 fully saturated rings. The highest BCUT2D eigenvalue weighted by molar-refractivity contribution is 5.92. The van der Waals surface area contributed by atoms with Gasteiger partial charge in [0.1, 0.15) is 12.4 Å². The van der Waals surface area contributed by atoms with Crippen LogP contribution in [0.5, 0.6) is 0 Å². The Bertz CT molecular complexity index is 922. The number of nitrogens with one attached hydrogen (secondary N) is 1. The van der Waals surface area contributed by atoms with E-state index in [0.717, 1.165) is 25.3 Å². The van der Waals surface area contributed by atoms with Crippen molar-refractivity contribution in [2.75, 3.05) is 24.7 Å². The van der Waals surface area contributed by atoms with E-state index in [-0.39, 0.29) is 0 Å². The number of anilines is 1. The number of fused-ring (bicyclic) bond motifs is 3. The van der Waals surface area contributed by atoms with Crippen molar-refractivity contribution in [3.63, 3.8) is 0 Å². The lowest BCUT2D eigenvalue weighted by atomic mass is 9.91. The van der Waals surface area contributed by atoms with Crippen molar-refractivity contribution >= 4 is 16.7 Å². The summed E-state index contributed by atoms with van der Waals surface area (Å²) in [6.07, 6.45) is 5.16. The highest BCUT2D eigenvalue weighted by Gasteiger charge is 2.34. The van der Waals surface area contributed by atoms with Gasteiger partial charge in [0.25, 0.3) is 0 Å². The number of H-pyrrole nitrogens is 1. The van der Waals surface area contributed by atoms with Gasteiger partial charge >= 0.3 is 0 Å². The SMILES string of the molecule is CC1CCN(Cc2ccccc2)CC1N1COCc2cnc3[nH]ccc3c21. The van der Waals surface area contributed by atoms with Gasteiger partial charge in [0.15, 0.2) is 0 Å². The zero-order chi connectivity index (χ0) is 18.2. The minimum Gasteiger partial charge on any atom is -0.356 e. The quantitative estimate of drug-likeness (QED) is 0.770. The molecule has 2 atom stereocenters. The van der Waals surface area contributed by atoms with E-state index in [0.29, 0.717) is 25.3 Å². The second-order valence-electron chi connectivity index (χ2n) is 7.87. The molecule has 3 aromatic rings. The molecule has 0 bridgehead atoms. The summed E-state index contributed by atoms with van der Waals surface area (Å²) in [5.74, 6) is 0.633. The molecule has 0 spiro atoms. The Hall–Kier alpha value is -2.37. The van der Waals surface area contributed by atoms with Crippen molar-refractivity contribution in [3.05, 3.63) is 59.9 Å². The molecular weight excluding hydrogens is 336 g/mol. The zero-order valence-corrected chi connectivity index (χ0v) is 15.8. The lowest BCUT2D eigenvalue weighted by molar-refractivity contribution is 0.0801. The van der Waals surface area contributed by atoms with Crippen molar-refractivity contribution in [1.29, 1.82) is 0 Å². The number of pyridine rings is 1. The average Bonchev–Trinajstić information content (AvgIpc) is 3.19. The summed E-state index contributed by atoms with van der Waals surface area (Å²) < 4.78 is 5.95. The summed E-state index contributed by atoms with van der Waals surface area (Å²) in [5.41, 5.74) is 4.86. The first-order chi connectivity index (χ1) is 13.3. The molecule has 5 nitrogen and oxygen atoms in total. The number of rotatable bonds is 3. The first-order valence-corrected chi connectivity index (χ1v) is 9.85. The van der Waals surface area contributed by atoms with Gasteiger partial charge in [0, 0.05) is 42.5 Å². The number of hydrogen-bond donors (Lipinski definition) is 1. The molecule has 2 aliphatic rings. The average molecular weight is 362 g/mol.